The first-order chi connectivity index (χ1) is 15.0. The fourth-order valence-electron chi connectivity index (χ4n) is 3.89. The molecule has 1 aliphatic rings. The molecule has 0 radical (unpaired) electrons. The van der Waals surface area contributed by atoms with Crippen molar-refractivity contribution in [1.82, 2.24) is 20.0 Å². The third kappa shape index (κ3) is 4.97. The van der Waals surface area contributed by atoms with Gasteiger partial charge in [-0.1, -0.05) is 62.4 Å². The van der Waals surface area contributed by atoms with E-state index < -0.39 is 0 Å². The highest BCUT2D eigenvalue weighted by molar-refractivity contribution is 5.92. The summed E-state index contributed by atoms with van der Waals surface area (Å²) in [5.41, 5.74) is 3.85. The number of amides is 1. The van der Waals surface area contributed by atoms with Crippen molar-refractivity contribution in [1.29, 1.82) is 0 Å². The maximum atomic E-state index is 12.7. The predicted octanol–water partition coefficient (Wildman–Crippen LogP) is 3.91. The Labute approximate surface area is 183 Å². The number of aryl methyl sites for hydroxylation is 1. The second-order valence-electron chi connectivity index (χ2n) is 8.35. The highest BCUT2D eigenvalue weighted by Crippen LogP contribution is 2.30. The molecule has 6 heteroatoms. The molecular formula is C25H30N4O2. The van der Waals surface area contributed by atoms with Crippen LogP contribution in [0.15, 0.2) is 60.7 Å². The average molecular weight is 419 g/mol. The van der Waals surface area contributed by atoms with E-state index in [9.17, 15) is 4.79 Å². The molecule has 1 atom stereocenters. The van der Waals surface area contributed by atoms with E-state index >= 15 is 0 Å². The topological polar surface area (TPSA) is 59.4 Å². The molecule has 1 N–H and O–H groups in total. The zero-order valence-electron chi connectivity index (χ0n) is 18.4. The number of nitrogens with zero attached hydrogens (tertiary/aromatic N) is 3. The number of hydrogen-bond donors (Lipinski definition) is 1. The molecule has 1 amide bonds. The van der Waals surface area contributed by atoms with Gasteiger partial charge in [0.15, 0.2) is 0 Å². The van der Waals surface area contributed by atoms with Gasteiger partial charge in [-0.2, -0.15) is 5.10 Å². The molecule has 162 valence electrons. The first kappa shape index (κ1) is 21.1. The summed E-state index contributed by atoms with van der Waals surface area (Å²) in [7, 11) is 1.81. The van der Waals surface area contributed by atoms with Crippen molar-refractivity contribution in [2.75, 3.05) is 19.6 Å². The van der Waals surface area contributed by atoms with Crippen LogP contribution in [0.3, 0.4) is 0 Å². The summed E-state index contributed by atoms with van der Waals surface area (Å²) in [6.07, 6.45) is -0.0498. The number of hydrogen-bond acceptors (Lipinski definition) is 4. The first-order valence-electron chi connectivity index (χ1n) is 10.8. The molecule has 0 bridgehead atoms. The molecule has 1 aromatic heterocycles. The van der Waals surface area contributed by atoms with Crippen molar-refractivity contribution < 1.29 is 9.53 Å². The fraction of sp³-hybridized carbons (Fsp3) is 0.360. The van der Waals surface area contributed by atoms with E-state index in [1.165, 1.54) is 5.56 Å². The van der Waals surface area contributed by atoms with Gasteiger partial charge in [-0.3, -0.25) is 14.4 Å². The van der Waals surface area contributed by atoms with E-state index in [0.717, 1.165) is 36.6 Å². The van der Waals surface area contributed by atoms with Gasteiger partial charge in [0.25, 0.3) is 5.91 Å². The second kappa shape index (κ2) is 9.35. The third-order valence-electron chi connectivity index (χ3n) is 5.67. The van der Waals surface area contributed by atoms with Gasteiger partial charge >= 0.3 is 0 Å². The van der Waals surface area contributed by atoms with Gasteiger partial charge in [-0.15, -0.1) is 0 Å². The van der Waals surface area contributed by atoms with Crippen LogP contribution in [0.25, 0.3) is 0 Å². The quantitative estimate of drug-likeness (QED) is 0.659. The summed E-state index contributed by atoms with van der Waals surface area (Å²) in [5, 5.41) is 7.50. The Bertz CT molecular complexity index is 1030. The smallest absolute Gasteiger partial charge is 0.269 e. The van der Waals surface area contributed by atoms with Crippen LogP contribution in [0.4, 0.5) is 0 Å². The van der Waals surface area contributed by atoms with Crippen molar-refractivity contribution in [3.8, 4) is 5.75 Å². The van der Waals surface area contributed by atoms with Crippen molar-refractivity contribution in [3.05, 3.63) is 83.2 Å². The molecule has 2 aromatic carbocycles. The fourth-order valence-corrected chi connectivity index (χ4v) is 3.89. The van der Waals surface area contributed by atoms with Gasteiger partial charge in [0.05, 0.1) is 5.69 Å². The molecule has 0 spiro atoms. The summed E-state index contributed by atoms with van der Waals surface area (Å²) >= 11 is 0. The minimum absolute atomic E-state index is 0.0498. The number of aromatic nitrogens is 2. The summed E-state index contributed by atoms with van der Waals surface area (Å²) in [4.78, 5) is 15.0. The van der Waals surface area contributed by atoms with Crippen LogP contribution in [0.2, 0.25) is 0 Å². The normalized spacial score (nSPS) is 16.5. The van der Waals surface area contributed by atoms with E-state index in [1.54, 1.807) is 4.68 Å². The van der Waals surface area contributed by atoms with Crippen molar-refractivity contribution in [2.24, 2.45) is 7.05 Å². The van der Waals surface area contributed by atoms with E-state index in [0.29, 0.717) is 18.2 Å². The van der Waals surface area contributed by atoms with Crippen LogP contribution >= 0.6 is 0 Å². The Morgan fingerprint density at radius 1 is 1.16 bits per heavy atom. The molecule has 0 saturated heterocycles. The SMILES string of the molecule is CC(C)c1cc(C(=O)NCCN2Cc3ccccc3OC(c3ccccc3)C2)n(C)n1. The average Bonchev–Trinajstić information content (AvgIpc) is 3.06. The largest absolute Gasteiger partial charge is 0.484 e. The summed E-state index contributed by atoms with van der Waals surface area (Å²) < 4.78 is 8.03. The lowest BCUT2D eigenvalue weighted by Crippen LogP contribution is -2.37. The molecule has 1 aliphatic heterocycles. The van der Waals surface area contributed by atoms with Crippen LogP contribution in [-0.2, 0) is 13.6 Å². The zero-order valence-corrected chi connectivity index (χ0v) is 18.4. The minimum Gasteiger partial charge on any atom is -0.484 e. The number of para-hydroxylation sites is 1. The van der Waals surface area contributed by atoms with Crippen LogP contribution in [0, 0.1) is 0 Å². The maximum absolute atomic E-state index is 12.7. The lowest BCUT2D eigenvalue weighted by Gasteiger charge is -2.24. The molecule has 1 unspecified atom stereocenters. The third-order valence-corrected chi connectivity index (χ3v) is 5.67. The van der Waals surface area contributed by atoms with E-state index in [-0.39, 0.29) is 12.0 Å². The first-order valence-corrected chi connectivity index (χ1v) is 10.8. The second-order valence-corrected chi connectivity index (χ2v) is 8.35. The standard InChI is InChI=1S/C25H30N4O2/c1-18(2)21-15-22(28(3)27-21)25(30)26-13-14-29-16-20-11-7-8-12-23(20)31-24(17-29)19-9-5-4-6-10-19/h4-12,15,18,24H,13-14,16-17H2,1-3H3,(H,26,30). The van der Waals surface area contributed by atoms with Crippen molar-refractivity contribution in [2.45, 2.75) is 32.4 Å². The summed E-state index contributed by atoms with van der Waals surface area (Å²) in [6.45, 7) is 7.00. The lowest BCUT2D eigenvalue weighted by atomic mass is 10.1. The van der Waals surface area contributed by atoms with Gasteiger partial charge in [0, 0.05) is 38.8 Å². The number of nitrogens with one attached hydrogen (secondary N) is 1. The lowest BCUT2D eigenvalue weighted by molar-refractivity contribution is 0.0933. The number of benzene rings is 2. The number of rotatable bonds is 6. The van der Waals surface area contributed by atoms with Crippen LogP contribution < -0.4 is 10.1 Å². The summed E-state index contributed by atoms with van der Waals surface area (Å²) in [6, 6.07) is 20.4. The molecule has 2 heterocycles. The van der Waals surface area contributed by atoms with E-state index in [2.05, 4.69) is 47.4 Å². The van der Waals surface area contributed by atoms with Crippen LogP contribution in [0.1, 0.15) is 53.2 Å². The van der Waals surface area contributed by atoms with Crippen molar-refractivity contribution in [3.63, 3.8) is 0 Å². The Morgan fingerprint density at radius 2 is 1.90 bits per heavy atom. The molecule has 31 heavy (non-hydrogen) atoms. The molecule has 0 fully saturated rings. The minimum atomic E-state index is -0.0898. The highest BCUT2D eigenvalue weighted by Gasteiger charge is 2.24. The van der Waals surface area contributed by atoms with E-state index in [4.69, 9.17) is 4.74 Å². The predicted molar refractivity (Wildman–Crippen MR) is 121 cm³/mol. The number of carbonyl (C=O) groups is 1. The molecule has 6 nitrogen and oxygen atoms in total. The number of ether oxygens (including phenoxy) is 1. The molecule has 4 rings (SSSR count). The highest BCUT2D eigenvalue weighted by atomic mass is 16.5. The van der Waals surface area contributed by atoms with Gasteiger partial charge < -0.3 is 10.1 Å². The molecular weight excluding hydrogens is 388 g/mol. The summed E-state index contributed by atoms with van der Waals surface area (Å²) in [5.74, 6) is 1.13. The van der Waals surface area contributed by atoms with Gasteiger partial charge in [-0.05, 0) is 23.6 Å². The zero-order chi connectivity index (χ0) is 21.8. The molecule has 0 aliphatic carbocycles. The Kier molecular flexibility index (Phi) is 6.37. The number of carbonyl (C=O) groups excluding carboxylic acids is 1. The van der Waals surface area contributed by atoms with Gasteiger partial charge in [-0.25, -0.2) is 0 Å². The van der Waals surface area contributed by atoms with Crippen LogP contribution in [-0.4, -0.2) is 40.2 Å². The monoisotopic (exact) mass is 418 g/mol. The van der Waals surface area contributed by atoms with Gasteiger partial charge in [0.2, 0.25) is 0 Å². The Morgan fingerprint density at radius 3 is 2.65 bits per heavy atom. The van der Waals surface area contributed by atoms with E-state index in [1.807, 2.05) is 49.5 Å². The van der Waals surface area contributed by atoms with Crippen molar-refractivity contribution >= 4 is 5.91 Å². The molecule has 3 aromatic rings. The maximum Gasteiger partial charge on any atom is 0.269 e. The Balaban J connectivity index is 1.43. The van der Waals surface area contributed by atoms with Crippen LogP contribution in [0.5, 0.6) is 5.75 Å². The van der Waals surface area contributed by atoms with Gasteiger partial charge in [0.1, 0.15) is 17.5 Å². The number of fused-ring (bicyclic) bond motifs is 1. The Hall–Kier alpha value is -3.12. The molecule has 0 saturated carbocycles.